The highest BCUT2D eigenvalue weighted by atomic mass is 16.5. The smallest absolute Gasteiger partial charge is 0.160 e. The number of aromatic hydroxyl groups is 1. The van der Waals surface area contributed by atoms with Crippen molar-refractivity contribution in [2.24, 2.45) is 5.92 Å². The summed E-state index contributed by atoms with van der Waals surface area (Å²) in [6.07, 6.45) is 4.71. The van der Waals surface area contributed by atoms with Crippen LogP contribution < -0.4 is 4.74 Å². The zero-order valence-electron chi connectivity index (χ0n) is 10.2. The maximum atomic E-state index is 10.00. The number of methoxy groups -OCH3 is 1. The fourth-order valence-electron chi connectivity index (χ4n) is 2.61. The van der Waals surface area contributed by atoms with Crippen molar-refractivity contribution < 1.29 is 14.9 Å². The Kier molecular flexibility index (Phi) is 3.89. The molecule has 1 aromatic rings. The molecule has 2 unspecified atom stereocenters. The first-order chi connectivity index (χ1) is 8.22. The van der Waals surface area contributed by atoms with Gasteiger partial charge in [-0.05, 0) is 36.8 Å². The lowest BCUT2D eigenvalue weighted by Gasteiger charge is -2.27. The summed E-state index contributed by atoms with van der Waals surface area (Å²) in [6.45, 7) is 0. The maximum absolute atomic E-state index is 10.00. The molecular weight excluding hydrogens is 216 g/mol. The summed E-state index contributed by atoms with van der Waals surface area (Å²) in [4.78, 5) is 0. The second-order valence-electron chi connectivity index (χ2n) is 4.78. The van der Waals surface area contributed by atoms with E-state index in [9.17, 15) is 10.2 Å². The van der Waals surface area contributed by atoms with E-state index in [2.05, 4.69) is 0 Å². The van der Waals surface area contributed by atoms with Gasteiger partial charge < -0.3 is 14.9 Å². The lowest BCUT2D eigenvalue weighted by molar-refractivity contribution is 0.0697. The molecular formula is C14H20O3. The number of rotatable bonds is 3. The summed E-state index contributed by atoms with van der Waals surface area (Å²) < 4.78 is 5.09. The Balaban J connectivity index is 2.12. The lowest BCUT2D eigenvalue weighted by atomic mass is 9.82. The van der Waals surface area contributed by atoms with Crippen LogP contribution in [0.2, 0.25) is 0 Å². The van der Waals surface area contributed by atoms with Gasteiger partial charge in [0.15, 0.2) is 11.5 Å². The summed E-state index contributed by atoms with van der Waals surface area (Å²) in [5.74, 6) is 0.988. The molecule has 3 nitrogen and oxygen atoms in total. The van der Waals surface area contributed by atoms with Gasteiger partial charge >= 0.3 is 0 Å². The van der Waals surface area contributed by atoms with Crippen molar-refractivity contribution in [2.45, 2.75) is 38.2 Å². The van der Waals surface area contributed by atoms with Crippen molar-refractivity contribution in [3.63, 3.8) is 0 Å². The molecule has 0 radical (unpaired) electrons. The minimum atomic E-state index is -0.227. The third-order valence-electron chi connectivity index (χ3n) is 3.65. The highest BCUT2D eigenvalue weighted by Gasteiger charge is 2.24. The minimum absolute atomic E-state index is 0.216. The molecule has 2 N–H and O–H groups in total. The molecule has 17 heavy (non-hydrogen) atoms. The van der Waals surface area contributed by atoms with E-state index in [0.717, 1.165) is 31.2 Å². The average molecular weight is 236 g/mol. The number of phenolic OH excluding ortho intramolecular Hbond substituents is 1. The monoisotopic (exact) mass is 236 g/mol. The SMILES string of the molecule is COc1cccc(CC2CCCCC2O)c1O. The highest BCUT2D eigenvalue weighted by molar-refractivity contribution is 5.45. The second-order valence-corrected chi connectivity index (χ2v) is 4.78. The number of aliphatic hydroxyl groups is 1. The Hall–Kier alpha value is -1.22. The zero-order chi connectivity index (χ0) is 12.3. The molecule has 1 aliphatic carbocycles. The molecule has 0 aliphatic heterocycles. The van der Waals surface area contributed by atoms with Gasteiger partial charge in [0, 0.05) is 0 Å². The van der Waals surface area contributed by atoms with Crippen LogP contribution in [-0.4, -0.2) is 23.4 Å². The van der Waals surface area contributed by atoms with Crippen LogP contribution in [-0.2, 0) is 6.42 Å². The van der Waals surface area contributed by atoms with E-state index in [1.807, 2.05) is 12.1 Å². The van der Waals surface area contributed by atoms with Crippen LogP contribution in [0.5, 0.6) is 11.5 Å². The van der Waals surface area contributed by atoms with Crippen LogP contribution in [0, 0.1) is 5.92 Å². The number of ether oxygens (including phenoxy) is 1. The highest BCUT2D eigenvalue weighted by Crippen LogP contribution is 2.34. The van der Waals surface area contributed by atoms with Gasteiger partial charge in [-0.15, -0.1) is 0 Å². The van der Waals surface area contributed by atoms with E-state index in [1.165, 1.54) is 6.42 Å². The average Bonchev–Trinajstić information content (AvgIpc) is 2.34. The van der Waals surface area contributed by atoms with Crippen LogP contribution >= 0.6 is 0 Å². The van der Waals surface area contributed by atoms with E-state index in [1.54, 1.807) is 13.2 Å². The zero-order valence-corrected chi connectivity index (χ0v) is 10.2. The van der Waals surface area contributed by atoms with Gasteiger partial charge in [-0.2, -0.15) is 0 Å². The molecule has 1 fully saturated rings. The van der Waals surface area contributed by atoms with Gasteiger partial charge in [0.25, 0.3) is 0 Å². The fraction of sp³-hybridized carbons (Fsp3) is 0.571. The van der Waals surface area contributed by atoms with Crippen molar-refractivity contribution in [1.82, 2.24) is 0 Å². The molecule has 94 valence electrons. The van der Waals surface area contributed by atoms with Crippen LogP contribution in [0.15, 0.2) is 18.2 Å². The topological polar surface area (TPSA) is 49.7 Å². The standard InChI is InChI=1S/C14H20O3/c1-17-13-8-4-6-11(14(13)16)9-10-5-2-3-7-12(10)15/h4,6,8,10,12,15-16H,2-3,5,7,9H2,1H3. The van der Waals surface area contributed by atoms with Crippen LogP contribution in [0.4, 0.5) is 0 Å². The number of hydrogen-bond acceptors (Lipinski definition) is 3. The summed E-state index contributed by atoms with van der Waals surface area (Å²) in [5.41, 5.74) is 0.871. The van der Waals surface area contributed by atoms with Gasteiger partial charge in [0.05, 0.1) is 13.2 Å². The molecule has 1 aromatic carbocycles. The summed E-state index contributed by atoms with van der Waals surface area (Å²) in [7, 11) is 1.55. The molecule has 0 amide bonds. The molecule has 0 spiro atoms. The van der Waals surface area contributed by atoms with Crippen molar-refractivity contribution in [3.8, 4) is 11.5 Å². The fourth-order valence-corrected chi connectivity index (χ4v) is 2.61. The van der Waals surface area contributed by atoms with Gasteiger partial charge in [-0.25, -0.2) is 0 Å². The first-order valence-corrected chi connectivity index (χ1v) is 6.25. The van der Waals surface area contributed by atoms with Crippen molar-refractivity contribution in [2.75, 3.05) is 7.11 Å². The van der Waals surface area contributed by atoms with Crippen molar-refractivity contribution in [1.29, 1.82) is 0 Å². The summed E-state index contributed by atoms with van der Waals surface area (Å²) >= 11 is 0. The molecule has 1 saturated carbocycles. The molecule has 2 atom stereocenters. The Morgan fingerprint density at radius 1 is 1.29 bits per heavy atom. The number of aliphatic hydroxyl groups excluding tert-OH is 1. The quantitative estimate of drug-likeness (QED) is 0.847. The van der Waals surface area contributed by atoms with Crippen LogP contribution in [0.25, 0.3) is 0 Å². The van der Waals surface area contributed by atoms with E-state index >= 15 is 0 Å². The van der Waals surface area contributed by atoms with Crippen molar-refractivity contribution >= 4 is 0 Å². The third kappa shape index (κ3) is 2.72. The lowest BCUT2D eigenvalue weighted by Crippen LogP contribution is -2.26. The molecule has 1 aliphatic rings. The first kappa shape index (κ1) is 12.2. The summed E-state index contributed by atoms with van der Waals surface area (Å²) in [6, 6.07) is 5.53. The molecule has 0 aromatic heterocycles. The first-order valence-electron chi connectivity index (χ1n) is 6.25. The Morgan fingerprint density at radius 2 is 2.06 bits per heavy atom. The predicted octanol–water partition coefficient (Wildman–Crippen LogP) is 2.49. The Morgan fingerprint density at radius 3 is 2.76 bits per heavy atom. The van der Waals surface area contributed by atoms with Crippen molar-refractivity contribution in [3.05, 3.63) is 23.8 Å². The second kappa shape index (κ2) is 5.41. The predicted molar refractivity (Wildman–Crippen MR) is 66.3 cm³/mol. The largest absolute Gasteiger partial charge is 0.504 e. The van der Waals surface area contributed by atoms with E-state index < -0.39 is 0 Å². The molecule has 0 saturated heterocycles. The Bertz CT molecular complexity index is 376. The normalized spacial score (nSPS) is 24.6. The number of hydrogen-bond donors (Lipinski definition) is 2. The summed E-state index contributed by atoms with van der Waals surface area (Å²) in [5, 5.41) is 19.9. The molecule has 3 heteroatoms. The Labute approximate surface area is 102 Å². The van der Waals surface area contributed by atoms with E-state index in [-0.39, 0.29) is 17.8 Å². The van der Waals surface area contributed by atoms with Gasteiger partial charge in [-0.1, -0.05) is 25.0 Å². The third-order valence-corrected chi connectivity index (χ3v) is 3.65. The maximum Gasteiger partial charge on any atom is 0.160 e. The number of phenols is 1. The van der Waals surface area contributed by atoms with Gasteiger partial charge in [0.2, 0.25) is 0 Å². The van der Waals surface area contributed by atoms with Crippen LogP contribution in [0.1, 0.15) is 31.2 Å². The van der Waals surface area contributed by atoms with Gasteiger partial charge in [-0.3, -0.25) is 0 Å². The number of para-hydroxylation sites is 1. The van der Waals surface area contributed by atoms with Crippen LogP contribution in [0.3, 0.4) is 0 Å². The van der Waals surface area contributed by atoms with Gasteiger partial charge in [0.1, 0.15) is 0 Å². The minimum Gasteiger partial charge on any atom is -0.504 e. The van der Waals surface area contributed by atoms with E-state index in [4.69, 9.17) is 4.74 Å². The molecule has 0 bridgehead atoms. The molecule has 0 heterocycles. The van der Waals surface area contributed by atoms with E-state index in [0.29, 0.717) is 5.75 Å². The number of benzene rings is 1. The molecule has 2 rings (SSSR count).